The maximum atomic E-state index is 12.5. The van der Waals surface area contributed by atoms with Gasteiger partial charge in [-0.3, -0.25) is 24.5 Å². The molecule has 1 amide bonds. The lowest BCUT2D eigenvalue weighted by atomic mass is 10.1. The lowest BCUT2D eigenvalue weighted by Gasteiger charge is -2.17. The number of ketones is 1. The van der Waals surface area contributed by atoms with Crippen LogP contribution in [0.4, 0.5) is 11.4 Å². The van der Waals surface area contributed by atoms with E-state index < -0.39 is 29.2 Å². The van der Waals surface area contributed by atoms with Gasteiger partial charge in [-0.2, -0.15) is 0 Å². The Bertz CT molecular complexity index is 1280. The van der Waals surface area contributed by atoms with Gasteiger partial charge in [-0.25, -0.2) is 0 Å². The van der Waals surface area contributed by atoms with Crippen LogP contribution in [0.15, 0.2) is 72.8 Å². The highest BCUT2D eigenvalue weighted by Crippen LogP contribution is 2.31. The van der Waals surface area contributed by atoms with Crippen LogP contribution in [0.2, 0.25) is 5.02 Å². The number of hydrogen-bond acceptors (Lipinski definition) is 7. The number of Topliss-reactive ketones (excluding diaryl/α,β-unsaturated/α-hetero) is 1. The molecule has 0 saturated carbocycles. The summed E-state index contributed by atoms with van der Waals surface area (Å²) in [5, 5.41) is 11.1. The molecule has 178 valence electrons. The van der Waals surface area contributed by atoms with Gasteiger partial charge in [0.25, 0.3) is 5.69 Å². The summed E-state index contributed by atoms with van der Waals surface area (Å²) >= 11 is 6.15. The Morgan fingerprint density at radius 2 is 1.63 bits per heavy atom. The summed E-state index contributed by atoms with van der Waals surface area (Å²) in [6.45, 7) is -0.331. The van der Waals surface area contributed by atoms with Gasteiger partial charge in [0.1, 0.15) is 11.5 Å². The molecular weight excluding hydrogens is 476 g/mol. The van der Waals surface area contributed by atoms with Crippen LogP contribution in [0.1, 0.15) is 16.8 Å². The number of ether oxygens (including phenoxy) is 2. The Labute approximate surface area is 205 Å². The van der Waals surface area contributed by atoms with Gasteiger partial charge in [-0.05, 0) is 48.5 Å². The summed E-state index contributed by atoms with van der Waals surface area (Å²) < 4.78 is 10.8. The fraction of sp³-hybridized carbons (Fsp3) is 0.160. The Hall–Kier alpha value is -4.24. The molecule has 1 aliphatic heterocycles. The number of non-ortho nitro benzene ring substituents is 1. The van der Waals surface area contributed by atoms with E-state index in [0.29, 0.717) is 27.8 Å². The van der Waals surface area contributed by atoms with Crippen LogP contribution in [0, 0.1) is 16.0 Å². The predicted molar refractivity (Wildman–Crippen MR) is 127 cm³/mol. The molecular formula is C25H19ClN2O7. The van der Waals surface area contributed by atoms with Crippen molar-refractivity contribution in [1.82, 2.24) is 0 Å². The number of amides is 1. The van der Waals surface area contributed by atoms with Crippen LogP contribution in [-0.4, -0.2) is 35.7 Å². The molecule has 1 saturated heterocycles. The molecule has 3 aromatic rings. The van der Waals surface area contributed by atoms with E-state index in [2.05, 4.69) is 0 Å². The summed E-state index contributed by atoms with van der Waals surface area (Å²) in [6, 6.07) is 18.6. The second-order valence-electron chi connectivity index (χ2n) is 7.77. The average molecular weight is 495 g/mol. The van der Waals surface area contributed by atoms with Crippen LogP contribution >= 0.6 is 11.6 Å². The molecule has 0 N–H and O–H groups in total. The Kier molecular flexibility index (Phi) is 7.07. The number of carbonyl (C=O) groups excluding carboxylic acids is 3. The highest BCUT2D eigenvalue weighted by molar-refractivity contribution is 6.33. The fourth-order valence-electron chi connectivity index (χ4n) is 3.59. The highest BCUT2D eigenvalue weighted by atomic mass is 35.5. The van der Waals surface area contributed by atoms with Gasteiger partial charge in [-0.15, -0.1) is 0 Å². The minimum atomic E-state index is -0.691. The average Bonchev–Trinajstić information content (AvgIpc) is 3.25. The number of nitrogens with zero attached hydrogens (tertiary/aromatic N) is 2. The number of anilines is 1. The van der Waals surface area contributed by atoms with Crippen molar-refractivity contribution in [3.63, 3.8) is 0 Å². The van der Waals surface area contributed by atoms with Crippen LogP contribution in [0.5, 0.6) is 11.5 Å². The lowest BCUT2D eigenvalue weighted by Crippen LogP contribution is -2.27. The number of para-hydroxylation sites is 1. The summed E-state index contributed by atoms with van der Waals surface area (Å²) in [4.78, 5) is 48.9. The number of halogens is 1. The zero-order valence-electron chi connectivity index (χ0n) is 18.3. The van der Waals surface area contributed by atoms with Crippen LogP contribution < -0.4 is 9.64 Å². The van der Waals surface area contributed by atoms with Crippen LogP contribution in [-0.2, 0) is 14.3 Å². The first-order valence-corrected chi connectivity index (χ1v) is 11.0. The quantitative estimate of drug-likeness (QED) is 0.191. The Morgan fingerprint density at radius 1 is 1.00 bits per heavy atom. The number of benzene rings is 3. The molecule has 1 fully saturated rings. The molecule has 1 atom stereocenters. The maximum absolute atomic E-state index is 12.5. The largest absolute Gasteiger partial charge is 0.457 e. The molecule has 1 heterocycles. The third-order valence-electron chi connectivity index (χ3n) is 5.41. The van der Waals surface area contributed by atoms with Gasteiger partial charge in [-0.1, -0.05) is 23.7 Å². The smallest absolute Gasteiger partial charge is 0.311 e. The standard InChI is InChI=1S/C25H19ClN2O7/c26-21-3-1-2-4-22(21)27-14-17(13-24(27)30)25(31)34-15-23(29)16-5-9-19(10-6-16)35-20-11-7-18(8-12-20)28(32)33/h1-12,17H,13-15H2/t17-/m0/s1. The molecule has 0 aliphatic carbocycles. The van der Waals surface area contributed by atoms with Gasteiger partial charge in [0.2, 0.25) is 5.91 Å². The Morgan fingerprint density at radius 3 is 2.26 bits per heavy atom. The summed E-state index contributed by atoms with van der Waals surface area (Å²) in [6.07, 6.45) is -0.0209. The molecule has 0 unspecified atom stereocenters. The second-order valence-corrected chi connectivity index (χ2v) is 8.17. The van der Waals surface area contributed by atoms with Gasteiger partial charge < -0.3 is 14.4 Å². The molecule has 0 aromatic heterocycles. The van der Waals surface area contributed by atoms with Crippen molar-refractivity contribution in [1.29, 1.82) is 0 Å². The number of nitro benzene ring substituents is 1. The molecule has 0 bridgehead atoms. The van der Waals surface area contributed by atoms with E-state index >= 15 is 0 Å². The predicted octanol–water partition coefficient (Wildman–Crippen LogP) is 4.82. The van der Waals surface area contributed by atoms with Gasteiger partial charge in [0.15, 0.2) is 12.4 Å². The monoisotopic (exact) mass is 494 g/mol. The zero-order valence-corrected chi connectivity index (χ0v) is 19.0. The Balaban J connectivity index is 1.30. The van der Waals surface area contributed by atoms with Crippen molar-refractivity contribution < 1.29 is 28.8 Å². The molecule has 9 nitrogen and oxygen atoms in total. The number of rotatable bonds is 8. The van der Waals surface area contributed by atoms with Crippen molar-refractivity contribution in [2.45, 2.75) is 6.42 Å². The van der Waals surface area contributed by atoms with E-state index in [4.69, 9.17) is 21.1 Å². The minimum absolute atomic E-state index is 0.0209. The van der Waals surface area contributed by atoms with E-state index in [0.717, 1.165) is 0 Å². The summed E-state index contributed by atoms with van der Waals surface area (Å²) in [7, 11) is 0. The maximum Gasteiger partial charge on any atom is 0.311 e. The van der Waals surface area contributed by atoms with Gasteiger partial charge >= 0.3 is 5.97 Å². The van der Waals surface area contributed by atoms with Crippen molar-refractivity contribution in [2.24, 2.45) is 5.92 Å². The van der Waals surface area contributed by atoms with Crippen molar-refractivity contribution >= 4 is 40.6 Å². The van der Waals surface area contributed by atoms with Crippen molar-refractivity contribution in [3.8, 4) is 11.5 Å². The van der Waals surface area contributed by atoms with Gasteiger partial charge in [0.05, 0.1) is 21.6 Å². The molecule has 1 aliphatic rings. The van der Waals surface area contributed by atoms with E-state index in [9.17, 15) is 24.5 Å². The molecule has 35 heavy (non-hydrogen) atoms. The fourth-order valence-corrected chi connectivity index (χ4v) is 3.83. The van der Waals surface area contributed by atoms with Crippen molar-refractivity contribution in [3.05, 3.63) is 93.5 Å². The van der Waals surface area contributed by atoms with E-state index in [1.165, 1.54) is 41.3 Å². The third-order valence-corrected chi connectivity index (χ3v) is 5.73. The third kappa shape index (κ3) is 5.64. The van der Waals surface area contributed by atoms with E-state index in [1.54, 1.807) is 36.4 Å². The summed E-state index contributed by atoms with van der Waals surface area (Å²) in [5.41, 5.74) is 0.794. The number of nitro groups is 1. The van der Waals surface area contributed by atoms with Crippen molar-refractivity contribution in [2.75, 3.05) is 18.1 Å². The van der Waals surface area contributed by atoms with Crippen LogP contribution in [0.25, 0.3) is 0 Å². The SMILES string of the molecule is O=C(COC(=O)[C@H]1CC(=O)N(c2ccccc2Cl)C1)c1ccc(Oc2ccc([N+](=O)[O-])cc2)cc1. The minimum Gasteiger partial charge on any atom is -0.457 e. The first-order chi connectivity index (χ1) is 16.8. The number of esters is 1. The zero-order chi connectivity index (χ0) is 24.9. The highest BCUT2D eigenvalue weighted by Gasteiger charge is 2.37. The first kappa shape index (κ1) is 23.9. The lowest BCUT2D eigenvalue weighted by molar-refractivity contribution is -0.384. The second kappa shape index (κ2) is 10.4. The molecule has 10 heteroatoms. The number of carbonyl (C=O) groups is 3. The molecule has 4 rings (SSSR count). The normalized spacial score (nSPS) is 15.1. The molecule has 3 aromatic carbocycles. The molecule has 0 spiro atoms. The first-order valence-electron chi connectivity index (χ1n) is 10.6. The van der Waals surface area contributed by atoms with Crippen LogP contribution in [0.3, 0.4) is 0 Å². The van der Waals surface area contributed by atoms with E-state index in [1.807, 2.05) is 0 Å². The van der Waals surface area contributed by atoms with Gasteiger partial charge in [0, 0.05) is 30.7 Å². The summed E-state index contributed by atoms with van der Waals surface area (Å²) in [5.74, 6) is -1.14. The topological polar surface area (TPSA) is 116 Å². The molecule has 0 radical (unpaired) electrons. The number of hydrogen-bond donors (Lipinski definition) is 0. The van der Waals surface area contributed by atoms with E-state index in [-0.39, 0.29) is 24.6 Å².